The van der Waals surface area contributed by atoms with E-state index in [1.165, 1.54) is 25.3 Å². The van der Waals surface area contributed by atoms with Gasteiger partial charge in [-0.1, -0.05) is 17.7 Å². The molecule has 0 radical (unpaired) electrons. The Balaban J connectivity index is 2.91. The molecule has 1 unspecified atom stereocenters. The van der Waals surface area contributed by atoms with E-state index in [0.29, 0.717) is 0 Å². The number of hydrogen-bond donors (Lipinski definition) is 2. The molecule has 0 saturated carbocycles. The van der Waals surface area contributed by atoms with E-state index in [2.05, 4.69) is 4.98 Å². The number of benzene rings is 1. The first-order valence-electron chi connectivity index (χ1n) is 6.89. The first-order chi connectivity index (χ1) is 11.6. The van der Waals surface area contributed by atoms with E-state index in [0.717, 1.165) is 12.1 Å². The highest BCUT2D eigenvalue weighted by atomic mass is 35.5. The van der Waals surface area contributed by atoms with Gasteiger partial charge in [0.25, 0.3) is 0 Å². The second-order valence-electron chi connectivity index (χ2n) is 5.22. The fraction of sp³-hybridized carbons (Fsp3) is 0.188. The summed E-state index contributed by atoms with van der Waals surface area (Å²) >= 11 is 6.01. The Labute approximate surface area is 145 Å². The molecule has 0 aliphatic rings. The molecule has 2 rings (SSSR count). The minimum Gasteiger partial charge on any atom is -0.478 e. The Kier molecular flexibility index (Phi) is 5.03. The van der Waals surface area contributed by atoms with Crippen LogP contribution in [0.3, 0.4) is 0 Å². The Morgan fingerprint density at radius 3 is 2.40 bits per heavy atom. The fourth-order valence-corrected chi connectivity index (χ4v) is 2.81. The predicted octanol–water partition coefficient (Wildman–Crippen LogP) is 3.54. The minimum atomic E-state index is -5.01. The summed E-state index contributed by atoms with van der Waals surface area (Å²) in [6, 6.07) is 5.18. The molecule has 3 N–H and O–H groups in total. The van der Waals surface area contributed by atoms with Gasteiger partial charge in [0.05, 0.1) is 16.3 Å². The summed E-state index contributed by atoms with van der Waals surface area (Å²) in [5.41, 5.74) is 3.70. The topological polar surface area (TPSA) is 93.3 Å². The van der Waals surface area contributed by atoms with Gasteiger partial charge in [0, 0.05) is 11.8 Å². The van der Waals surface area contributed by atoms with Gasteiger partial charge in [0.15, 0.2) is 5.92 Å². The van der Waals surface area contributed by atoms with E-state index < -0.39 is 29.5 Å². The molecular formula is C16H12ClF3N2O3. The average Bonchev–Trinajstić information content (AvgIpc) is 2.47. The van der Waals surface area contributed by atoms with Crippen molar-refractivity contribution in [1.29, 1.82) is 0 Å². The van der Waals surface area contributed by atoms with Crippen LogP contribution in [-0.4, -0.2) is 28.1 Å². The highest BCUT2D eigenvalue weighted by Gasteiger charge is 2.47. The van der Waals surface area contributed by atoms with Crippen molar-refractivity contribution in [2.75, 3.05) is 0 Å². The van der Waals surface area contributed by atoms with Gasteiger partial charge in [-0.25, -0.2) is 4.79 Å². The minimum absolute atomic E-state index is 0.00490. The molecule has 1 heterocycles. The fourth-order valence-electron chi connectivity index (χ4n) is 2.59. The maximum atomic E-state index is 13.5. The molecular weight excluding hydrogens is 361 g/mol. The van der Waals surface area contributed by atoms with Crippen LogP contribution in [0.1, 0.15) is 27.4 Å². The van der Waals surface area contributed by atoms with Crippen molar-refractivity contribution in [3.63, 3.8) is 0 Å². The van der Waals surface area contributed by atoms with Crippen molar-refractivity contribution < 1.29 is 27.9 Å². The molecule has 0 bridgehead atoms. The van der Waals surface area contributed by atoms with Crippen molar-refractivity contribution >= 4 is 23.5 Å². The van der Waals surface area contributed by atoms with Crippen molar-refractivity contribution in [2.24, 2.45) is 5.73 Å². The Bertz CT molecular complexity index is 853. The van der Waals surface area contributed by atoms with Gasteiger partial charge in [-0.05, 0) is 36.2 Å². The molecule has 1 aromatic heterocycles. The third-order valence-corrected chi connectivity index (χ3v) is 3.96. The van der Waals surface area contributed by atoms with Crippen LogP contribution in [0.4, 0.5) is 13.2 Å². The van der Waals surface area contributed by atoms with Gasteiger partial charge < -0.3 is 10.8 Å². The van der Waals surface area contributed by atoms with Crippen molar-refractivity contribution in [1.82, 2.24) is 4.98 Å². The van der Waals surface area contributed by atoms with E-state index in [1.54, 1.807) is 0 Å². The van der Waals surface area contributed by atoms with E-state index in [9.17, 15) is 27.9 Å². The van der Waals surface area contributed by atoms with Gasteiger partial charge in [-0.15, -0.1) is 0 Å². The van der Waals surface area contributed by atoms with Crippen LogP contribution in [0.15, 0.2) is 30.5 Å². The van der Waals surface area contributed by atoms with Crippen LogP contribution in [0.25, 0.3) is 11.3 Å². The van der Waals surface area contributed by atoms with Crippen molar-refractivity contribution in [2.45, 2.75) is 19.0 Å². The predicted molar refractivity (Wildman–Crippen MR) is 84.4 cm³/mol. The maximum absolute atomic E-state index is 13.5. The highest BCUT2D eigenvalue weighted by molar-refractivity contribution is 6.33. The number of aromatic nitrogens is 1. The number of pyridine rings is 1. The molecule has 9 heteroatoms. The Morgan fingerprint density at radius 2 is 1.92 bits per heavy atom. The van der Waals surface area contributed by atoms with E-state index in [1.807, 2.05) is 0 Å². The molecule has 5 nitrogen and oxygen atoms in total. The first kappa shape index (κ1) is 18.7. The SMILES string of the molecule is Cc1c(C(=O)O)ccc(-c2ncccc2Cl)c1C(C(N)=O)C(F)(F)F. The van der Waals surface area contributed by atoms with E-state index >= 15 is 0 Å². The molecule has 0 aliphatic heterocycles. The van der Waals surface area contributed by atoms with Gasteiger partial charge >= 0.3 is 12.1 Å². The summed E-state index contributed by atoms with van der Waals surface area (Å²) in [5.74, 6) is -5.77. The summed E-state index contributed by atoms with van der Waals surface area (Å²) in [6.07, 6.45) is -3.69. The third-order valence-electron chi connectivity index (χ3n) is 3.66. The number of primary amides is 1. The number of halogens is 4. The van der Waals surface area contributed by atoms with E-state index in [-0.39, 0.29) is 27.4 Å². The zero-order valence-corrected chi connectivity index (χ0v) is 13.5. The van der Waals surface area contributed by atoms with E-state index in [4.69, 9.17) is 17.3 Å². The number of hydrogen-bond acceptors (Lipinski definition) is 3. The number of nitrogens with zero attached hydrogens (tertiary/aromatic N) is 1. The molecule has 25 heavy (non-hydrogen) atoms. The van der Waals surface area contributed by atoms with Crippen LogP contribution in [0.2, 0.25) is 5.02 Å². The van der Waals surface area contributed by atoms with Crippen molar-refractivity contribution in [3.05, 3.63) is 52.2 Å². The summed E-state index contributed by atoms with van der Waals surface area (Å²) in [5, 5.41) is 9.24. The van der Waals surface area contributed by atoms with Crippen LogP contribution in [0.5, 0.6) is 0 Å². The molecule has 1 aromatic carbocycles. The summed E-state index contributed by atoms with van der Waals surface area (Å²) in [6.45, 7) is 1.18. The number of aromatic carboxylic acids is 1. The van der Waals surface area contributed by atoms with Gasteiger partial charge in [-0.2, -0.15) is 13.2 Å². The molecule has 2 aromatic rings. The second-order valence-corrected chi connectivity index (χ2v) is 5.62. The van der Waals surface area contributed by atoms with Gasteiger partial charge in [0.1, 0.15) is 0 Å². The number of nitrogens with two attached hydrogens (primary N) is 1. The largest absolute Gasteiger partial charge is 0.478 e. The summed E-state index contributed by atoms with van der Waals surface area (Å²) < 4.78 is 40.4. The van der Waals surface area contributed by atoms with Crippen LogP contribution in [0, 0.1) is 6.92 Å². The Hall–Kier alpha value is -2.61. The standard InChI is InChI=1S/C16H12ClF3N2O3/c1-7-8(15(24)25)4-5-9(13-10(17)3-2-6-22-13)11(7)12(14(21)23)16(18,19)20/h2-6,12H,1H3,(H2,21,23)(H,24,25). The normalized spacial score (nSPS) is 12.7. The number of alkyl halides is 3. The quantitative estimate of drug-likeness (QED) is 0.858. The number of rotatable bonds is 4. The molecule has 132 valence electrons. The zero-order valence-electron chi connectivity index (χ0n) is 12.8. The Morgan fingerprint density at radius 1 is 1.28 bits per heavy atom. The number of amides is 1. The van der Waals surface area contributed by atoms with Crippen LogP contribution < -0.4 is 5.73 Å². The number of carbonyl (C=O) groups excluding carboxylic acids is 1. The number of carbonyl (C=O) groups is 2. The smallest absolute Gasteiger partial charge is 0.404 e. The lowest BCUT2D eigenvalue weighted by molar-refractivity contribution is -0.162. The number of carboxylic acid groups (broad SMARTS) is 1. The van der Waals surface area contributed by atoms with Gasteiger partial charge in [0.2, 0.25) is 5.91 Å². The second kappa shape index (κ2) is 6.72. The highest BCUT2D eigenvalue weighted by Crippen LogP contribution is 2.42. The molecule has 0 aliphatic carbocycles. The molecule has 0 saturated heterocycles. The molecule has 0 spiro atoms. The molecule has 0 fully saturated rings. The van der Waals surface area contributed by atoms with Crippen LogP contribution in [-0.2, 0) is 4.79 Å². The monoisotopic (exact) mass is 372 g/mol. The summed E-state index contributed by atoms with van der Waals surface area (Å²) in [7, 11) is 0. The van der Waals surface area contributed by atoms with Crippen molar-refractivity contribution in [3.8, 4) is 11.3 Å². The van der Waals surface area contributed by atoms with Crippen LogP contribution >= 0.6 is 11.6 Å². The lowest BCUT2D eigenvalue weighted by Crippen LogP contribution is -2.34. The lowest BCUT2D eigenvalue weighted by atomic mass is 9.85. The molecule has 1 atom stereocenters. The number of carboxylic acids is 1. The average molecular weight is 373 g/mol. The lowest BCUT2D eigenvalue weighted by Gasteiger charge is -2.23. The molecule has 1 amide bonds. The van der Waals surface area contributed by atoms with Gasteiger partial charge in [-0.3, -0.25) is 9.78 Å². The zero-order chi connectivity index (χ0) is 18.9. The maximum Gasteiger partial charge on any atom is 0.404 e. The third kappa shape index (κ3) is 3.58. The summed E-state index contributed by atoms with van der Waals surface area (Å²) in [4.78, 5) is 26.8. The first-order valence-corrected chi connectivity index (χ1v) is 7.27.